The fourth-order valence-electron chi connectivity index (χ4n) is 1.47. The number of carbonyl (C=O) groups excluding carboxylic acids is 1. The third-order valence-corrected chi connectivity index (χ3v) is 2.82. The molecule has 0 aliphatic heterocycles. The van der Waals surface area contributed by atoms with Crippen molar-refractivity contribution in [3.8, 4) is 0 Å². The molecule has 2 N–H and O–H groups in total. The van der Waals surface area contributed by atoms with Crippen LogP contribution < -0.4 is 5.73 Å². The summed E-state index contributed by atoms with van der Waals surface area (Å²) < 4.78 is 10.5. The maximum Gasteiger partial charge on any atom is 0.338 e. The summed E-state index contributed by atoms with van der Waals surface area (Å²) in [4.78, 5) is 11.7. The molecular formula is C15H23NO3. The zero-order chi connectivity index (χ0) is 14.3. The van der Waals surface area contributed by atoms with Crippen LogP contribution in [0, 0.1) is 12.8 Å². The number of benzene rings is 1. The molecule has 0 heterocycles. The van der Waals surface area contributed by atoms with Gasteiger partial charge in [-0.15, -0.1) is 0 Å². The van der Waals surface area contributed by atoms with E-state index in [1.54, 1.807) is 12.1 Å². The third-order valence-electron chi connectivity index (χ3n) is 2.82. The van der Waals surface area contributed by atoms with Crippen molar-refractivity contribution < 1.29 is 14.3 Å². The Hall–Kier alpha value is -1.55. The molecule has 0 aliphatic carbocycles. The van der Waals surface area contributed by atoms with E-state index in [-0.39, 0.29) is 12.6 Å². The molecule has 0 bridgehead atoms. The molecule has 19 heavy (non-hydrogen) atoms. The SMILES string of the molecule is Cc1ccc(C(=O)OCCOCCC(C)C)cc1N. The van der Waals surface area contributed by atoms with Gasteiger partial charge >= 0.3 is 5.97 Å². The molecule has 0 aliphatic rings. The molecule has 106 valence electrons. The molecule has 0 unspecified atom stereocenters. The zero-order valence-corrected chi connectivity index (χ0v) is 11.9. The quantitative estimate of drug-likeness (QED) is 0.468. The summed E-state index contributed by atoms with van der Waals surface area (Å²) in [5.74, 6) is 0.261. The average Bonchev–Trinajstić information content (AvgIpc) is 2.36. The fraction of sp³-hybridized carbons (Fsp3) is 0.533. The van der Waals surface area contributed by atoms with Crippen LogP contribution in [0.4, 0.5) is 5.69 Å². The standard InChI is InChI=1S/C15H23NO3/c1-11(2)6-7-18-8-9-19-15(17)13-5-4-12(3)14(16)10-13/h4-5,10-11H,6-9,16H2,1-3H3. The minimum Gasteiger partial charge on any atom is -0.460 e. The van der Waals surface area contributed by atoms with Gasteiger partial charge in [-0.2, -0.15) is 0 Å². The van der Waals surface area contributed by atoms with Gasteiger partial charge in [0.1, 0.15) is 6.61 Å². The zero-order valence-electron chi connectivity index (χ0n) is 11.9. The summed E-state index contributed by atoms with van der Waals surface area (Å²) >= 11 is 0. The van der Waals surface area contributed by atoms with E-state index < -0.39 is 0 Å². The summed E-state index contributed by atoms with van der Waals surface area (Å²) in [6, 6.07) is 5.16. The molecule has 0 amide bonds. The molecule has 0 fully saturated rings. The Morgan fingerprint density at radius 3 is 2.63 bits per heavy atom. The molecule has 0 atom stereocenters. The Morgan fingerprint density at radius 1 is 1.26 bits per heavy atom. The smallest absolute Gasteiger partial charge is 0.338 e. The molecule has 0 saturated heterocycles. The highest BCUT2D eigenvalue weighted by Crippen LogP contribution is 2.13. The Morgan fingerprint density at radius 2 is 2.00 bits per heavy atom. The Labute approximate surface area is 114 Å². The van der Waals surface area contributed by atoms with Gasteiger partial charge in [0.15, 0.2) is 0 Å². The van der Waals surface area contributed by atoms with Gasteiger partial charge in [0.2, 0.25) is 0 Å². The molecule has 1 aromatic carbocycles. The lowest BCUT2D eigenvalue weighted by atomic mass is 10.1. The fourth-order valence-corrected chi connectivity index (χ4v) is 1.47. The van der Waals surface area contributed by atoms with Crippen LogP contribution in [0.3, 0.4) is 0 Å². The predicted octanol–water partition coefficient (Wildman–Crippen LogP) is 2.80. The Bertz CT molecular complexity index is 416. The number of ether oxygens (including phenoxy) is 2. The number of aryl methyl sites for hydroxylation is 1. The van der Waals surface area contributed by atoms with Gasteiger partial charge in [0.25, 0.3) is 0 Å². The molecule has 1 aromatic rings. The summed E-state index contributed by atoms with van der Waals surface area (Å²) in [6.45, 7) is 7.58. The van der Waals surface area contributed by atoms with Crippen molar-refractivity contribution in [2.45, 2.75) is 27.2 Å². The van der Waals surface area contributed by atoms with E-state index in [2.05, 4.69) is 13.8 Å². The van der Waals surface area contributed by atoms with Gasteiger partial charge in [-0.25, -0.2) is 4.79 Å². The summed E-state index contributed by atoms with van der Waals surface area (Å²) in [5.41, 5.74) is 7.78. The van der Waals surface area contributed by atoms with Crippen molar-refractivity contribution in [1.29, 1.82) is 0 Å². The first-order valence-electron chi connectivity index (χ1n) is 6.61. The van der Waals surface area contributed by atoms with E-state index in [0.29, 0.717) is 30.4 Å². The Kier molecular flexibility index (Phi) is 6.36. The normalized spacial score (nSPS) is 10.7. The van der Waals surface area contributed by atoms with Crippen molar-refractivity contribution in [2.24, 2.45) is 5.92 Å². The van der Waals surface area contributed by atoms with Crippen molar-refractivity contribution in [1.82, 2.24) is 0 Å². The van der Waals surface area contributed by atoms with Gasteiger partial charge < -0.3 is 15.2 Å². The first kappa shape index (κ1) is 15.5. The summed E-state index contributed by atoms with van der Waals surface area (Å²) in [7, 11) is 0. The largest absolute Gasteiger partial charge is 0.460 e. The second kappa shape index (κ2) is 7.79. The van der Waals surface area contributed by atoms with Gasteiger partial charge in [0, 0.05) is 12.3 Å². The third kappa shape index (κ3) is 5.75. The number of hydrogen-bond acceptors (Lipinski definition) is 4. The van der Waals surface area contributed by atoms with Crippen LogP contribution in [0.1, 0.15) is 36.2 Å². The van der Waals surface area contributed by atoms with Crippen molar-refractivity contribution in [3.63, 3.8) is 0 Å². The number of nitrogen functional groups attached to an aromatic ring is 1. The van der Waals surface area contributed by atoms with E-state index in [0.717, 1.165) is 12.0 Å². The molecule has 0 saturated carbocycles. The van der Waals surface area contributed by atoms with Gasteiger partial charge in [-0.3, -0.25) is 0 Å². The van der Waals surface area contributed by atoms with Crippen LogP contribution in [0.25, 0.3) is 0 Å². The van der Waals surface area contributed by atoms with Crippen LogP contribution >= 0.6 is 0 Å². The van der Waals surface area contributed by atoms with Crippen LogP contribution in [-0.4, -0.2) is 25.8 Å². The molecule has 1 rings (SSSR count). The van der Waals surface area contributed by atoms with E-state index >= 15 is 0 Å². The summed E-state index contributed by atoms with van der Waals surface area (Å²) in [6.07, 6.45) is 1.02. The number of esters is 1. The first-order chi connectivity index (χ1) is 9.00. The predicted molar refractivity (Wildman–Crippen MR) is 76.1 cm³/mol. The van der Waals surface area contributed by atoms with E-state index in [4.69, 9.17) is 15.2 Å². The van der Waals surface area contributed by atoms with Gasteiger partial charge in [-0.05, 0) is 37.0 Å². The highest BCUT2D eigenvalue weighted by Gasteiger charge is 2.08. The van der Waals surface area contributed by atoms with E-state index in [9.17, 15) is 4.79 Å². The van der Waals surface area contributed by atoms with E-state index in [1.165, 1.54) is 0 Å². The first-order valence-corrected chi connectivity index (χ1v) is 6.61. The minimum atomic E-state index is -0.362. The van der Waals surface area contributed by atoms with Crippen LogP contribution in [-0.2, 0) is 9.47 Å². The number of hydrogen-bond donors (Lipinski definition) is 1. The highest BCUT2D eigenvalue weighted by molar-refractivity contribution is 5.90. The molecule has 4 heteroatoms. The van der Waals surface area contributed by atoms with Crippen molar-refractivity contribution in [2.75, 3.05) is 25.6 Å². The topological polar surface area (TPSA) is 61.5 Å². The molecule has 0 spiro atoms. The molecule has 4 nitrogen and oxygen atoms in total. The van der Waals surface area contributed by atoms with Crippen LogP contribution in [0.2, 0.25) is 0 Å². The lowest BCUT2D eigenvalue weighted by Gasteiger charge is -2.08. The van der Waals surface area contributed by atoms with Gasteiger partial charge in [0.05, 0.1) is 12.2 Å². The van der Waals surface area contributed by atoms with Crippen LogP contribution in [0.5, 0.6) is 0 Å². The minimum absolute atomic E-state index is 0.269. The van der Waals surface area contributed by atoms with Crippen molar-refractivity contribution in [3.05, 3.63) is 29.3 Å². The molecule has 0 radical (unpaired) electrons. The van der Waals surface area contributed by atoms with Gasteiger partial charge in [-0.1, -0.05) is 19.9 Å². The molecular weight excluding hydrogens is 242 g/mol. The number of rotatable bonds is 7. The van der Waals surface area contributed by atoms with Crippen molar-refractivity contribution >= 4 is 11.7 Å². The second-order valence-electron chi connectivity index (χ2n) is 5.00. The average molecular weight is 265 g/mol. The van der Waals surface area contributed by atoms with Crippen LogP contribution in [0.15, 0.2) is 18.2 Å². The van der Waals surface area contributed by atoms with E-state index in [1.807, 2.05) is 13.0 Å². The number of nitrogens with two attached hydrogens (primary N) is 1. The lowest BCUT2D eigenvalue weighted by molar-refractivity contribution is 0.0303. The molecule has 0 aromatic heterocycles. The maximum absolute atomic E-state index is 11.7. The monoisotopic (exact) mass is 265 g/mol. The second-order valence-corrected chi connectivity index (χ2v) is 5.00. The lowest BCUT2D eigenvalue weighted by Crippen LogP contribution is -2.12. The Balaban J connectivity index is 2.26. The maximum atomic E-state index is 11.7. The highest BCUT2D eigenvalue weighted by atomic mass is 16.6. The summed E-state index contributed by atoms with van der Waals surface area (Å²) in [5, 5.41) is 0. The number of carbonyl (C=O) groups is 1. The number of anilines is 1.